The molecule has 1 aliphatic rings. The zero-order valence-electron chi connectivity index (χ0n) is 14.4. The van der Waals surface area contributed by atoms with Crippen LogP contribution >= 0.6 is 0 Å². The van der Waals surface area contributed by atoms with Gasteiger partial charge in [-0.2, -0.15) is 13.2 Å². The SMILES string of the molecule is C=CC(=O)N1CCN(C(=O)CC(O)(c2ncc(C)o2)C(F)(F)F)[C@@H](C)C1. The van der Waals surface area contributed by atoms with E-state index in [1.54, 1.807) is 6.92 Å². The second-order valence-corrected chi connectivity index (χ2v) is 6.24. The van der Waals surface area contributed by atoms with Crippen LogP contribution < -0.4 is 0 Å². The number of amides is 2. The molecule has 7 nitrogen and oxygen atoms in total. The van der Waals surface area contributed by atoms with Crippen molar-refractivity contribution in [1.29, 1.82) is 0 Å². The lowest BCUT2D eigenvalue weighted by Gasteiger charge is -2.40. The van der Waals surface area contributed by atoms with Gasteiger partial charge in [-0.25, -0.2) is 4.98 Å². The monoisotopic (exact) mass is 375 g/mol. The summed E-state index contributed by atoms with van der Waals surface area (Å²) in [7, 11) is 0. The zero-order valence-corrected chi connectivity index (χ0v) is 14.4. The first-order valence-electron chi connectivity index (χ1n) is 7.92. The molecular formula is C16H20F3N3O4. The van der Waals surface area contributed by atoms with Gasteiger partial charge in [-0.05, 0) is 19.9 Å². The van der Waals surface area contributed by atoms with Crippen molar-refractivity contribution in [1.82, 2.24) is 14.8 Å². The number of halogens is 3. The van der Waals surface area contributed by atoms with Crippen LogP contribution in [0.3, 0.4) is 0 Å². The maximum atomic E-state index is 13.5. The highest BCUT2D eigenvalue weighted by Gasteiger charge is 2.60. The molecule has 0 bridgehead atoms. The van der Waals surface area contributed by atoms with Gasteiger partial charge in [0.25, 0.3) is 0 Å². The van der Waals surface area contributed by atoms with Gasteiger partial charge in [0.2, 0.25) is 23.3 Å². The van der Waals surface area contributed by atoms with Crippen molar-refractivity contribution in [3.8, 4) is 0 Å². The van der Waals surface area contributed by atoms with Gasteiger partial charge in [-0.3, -0.25) is 9.59 Å². The first kappa shape index (κ1) is 20.0. The fraction of sp³-hybridized carbons (Fsp3) is 0.562. The molecule has 26 heavy (non-hydrogen) atoms. The Morgan fingerprint density at radius 3 is 2.58 bits per heavy atom. The second kappa shape index (κ2) is 7.10. The standard InChI is InChI=1S/C16H20F3N3O4/c1-4-12(23)21-5-6-22(10(2)9-21)13(24)7-15(25,16(17,18)19)14-20-8-11(3)26-14/h4,8,10,25H,1,5-7,9H2,2-3H3/t10-,15?/m0/s1. The molecule has 0 spiro atoms. The smallest absolute Gasteiger partial charge is 0.426 e. The summed E-state index contributed by atoms with van der Waals surface area (Å²) in [6.45, 7) is 6.76. The van der Waals surface area contributed by atoms with E-state index in [0.717, 1.165) is 12.3 Å². The molecule has 10 heteroatoms. The lowest BCUT2D eigenvalue weighted by Crippen LogP contribution is -2.57. The second-order valence-electron chi connectivity index (χ2n) is 6.24. The summed E-state index contributed by atoms with van der Waals surface area (Å²) in [4.78, 5) is 30.2. The van der Waals surface area contributed by atoms with E-state index in [1.807, 2.05) is 0 Å². The molecular weight excluding hydrogens is 355 g/mol. The van der Waals surface area contributed by atoms with Crippen molar-refractivity contribution in [3.63, 3.8) is 0 Å². The summed E-state index contributed by atoms with van der Waals surface area (Å²) < 4.78 is 45.2. The van der Waals surface area contributed by atoms with E-state index in [0.29, 0.717) is 0 Å². The van der Waals surface area contributed by atoms with Crippen molar-refractivity contribution in [3.05, 3.63) is 30.5 Å². The van der Waals surface area contributed by atoms with Crippen molar-refractivity contribution < 1.29 is 32.3 Å². The van der Waals surface area contributed by atoms with Crippen LogP contribution in [0.4, 0.5) is 13.2 Å². The number of carbonyl (C=O) groups excluding carboxylic acids is 2. The van der Waals surface area contributed by atoms with Crippen LogP contribution in [-0.4, -0.2) is 63.6 Å². The Hall–Kier alpha value is -2.36. The maximum Gasteiger partial charge on any atom is 0.426 e. The lowest BCUT2D eigenvalue weighted by molar-refractivity contribution is -0.276. The van der Waals surface area contributed by atoms with E-state index in [2.05, 4.69) is 11.6 Å². The third-order valence-corrected chi connectivity index (χ3v) is 4.29. The molecule has 1 aromatic heterocycles. The van der Waals surface area contributed by atoms with Crippen LogP contribution in [0.15, 0.2) is 23.3 Å². The molecule has 2 atom stereocenters. The van der Waals surface area contributed by atoms with E-state index >= 15 is 0 Å². The number of rotatable bonds is 4. The summed E-state index contributed by atoms with van der Waals surface area (Å²) >= 11 is 0. The van der Waals surface area contributed by atoms with E-state index in [9.17, 15) is 27.9 Å². The van der Waals surface area contributed by atoms with E-state index in [1.165, 1.54) is 16.7 Å². The minimum absolute atomic E-state index is 0.0537. The number of alkyl halides is 3. The minimum atomic E-state index is -5.15. The minimum Gasteiger partial charge on any atom is -0.443 e. The highest BCUT2D eigenvalue weighted by molar-refractivity contribution is 5.87. The average molecular weight is 375 g/mol. The molecule has 0 saturated carbocycles. The molecule has 2 amide bonds. The van der Waals surface area contributed by atoms with Gasteiger partial charge in [0, 0.05) is 25.7 Å². The Labute approximate surface area is 148 Å². The first-order valence-corrected chi connectivity index (χ1v) is 7.92. The highest BCUT2D eigenvalue weighted by atomic mass is 19.4. The summed E-state index contributed by atoms with van der Waals surface area (Å²) in [5.74, 6) is -2.10. The summed E-state index contributed by atoms with van der Waals surface area (Å²) in [6.07, 6.45) is -4.23. The van der Waals surface area contributed by atoms with Crippen molar-refractivity contribution in [2.45, 2.75) is 38.1 Å². The van der Waals surface area contributed by atoms with Crippen LogP contribution in [0.1, 0.15) is 25.0 Å². The number of hydrogen-bond donors (Lipinski definition) is 1. The number of carbonyl (C=O) groups is 2. The van der Waals surface area contributed by atoms with Crippen LogP contribution in [0, 0.1) is 6.92 Å². The van der Waals surface area contributed by atoms with Gasteiger partial charge in [0.1, 0.15) is 5.76 Å². The predicted octanol–water partition coefficient (Wildman–Crippen LogP) is 1.37. The van der Waals surface area contributed by atoms with E-state index < -0.39 is 36.0 Å². The molecule has 1 aliphatic heterocycles. The zero-order chi connectivity index (χ0) is 19.7. The molecule has 1 aromatic rings. The van der Waals surface area contributed by atoms with Gasteiger partial charge in [-0.1, -0.05) is 6.58 Å². The average Bonchev–Trinajstić information content (AvgIpc) is 2.99. The van der Waals surface area contributed by atoms with Gasteiger partial charge in [0.15, 0.2) is 0 Å². The molecule has 1 N–H and O–H groups in total. The number of aliphatic hydroxyl groups is 1. The fourth-order valence-electron chi connectivity index (χ4n) is 2.82. The molecule has 0 aromatic carbocycles. The third-order valence-electron chi connectivity index (χ3n) is 4.29. The number of oxazole rings is 1. The Morgan fingerprint density at radius 1 is 1.46 bits per heavy atom. The topological polar surface area (TPSA) is 86.9 Å². The van der Waals surface area contributed by atoms with Crippen LogP contribution in [0.25, 0.3) is 0 Å². The normalized spacial score (nSPS) is 20.6. The first-order chi connectivity index (χ1) is 12.0. The van der Waals surface area contributed by atoms with E-state index in [-0.39, 0.29) is 31.3 Å². The molecule has 2 rings (SSSR count). The maximum absolute atomic E-state index is 13.5. The molecule has 144 valence electrons. The number of piperazine rings is 1. The number of aryl methyl sites for hydroxylation is 1. The van der Waals surface area contributed by atoms with Crippen LogP contribution in [-0.2, 0) is 15.2 Å². The van der Waals surface area contributed by atoms with Crippen molar-refractivity contribution >= 4 is 11.8 Å². The summed E-state index contributed by atoms with van der Waals surface area (Å²) in [5, 5.41) is 10.2. The van der Waals surface area contributed by atoms with Crippen molar-refractivity contribution in [2.75, 3.05) is 19.6 Å². The molecule has 1 unspecified atom stereocenters. The Bertz CT molecular complexity index is 703. The number of nitrogens with zero attached hydrogens (tertiary/aromatic N) is 3. The van der Waals surface area contributed by atoms with Crippen LogP contribution in [0.2, 0.25) is 0 Å². The number of hydrogen-bond acceptors (Lipinski definition) is 5. The van der Waals surface area contributed by atoms with Gasteiger partial charge in [0.05, 0.1) is 12.6 Å². The largest absolute Gasteiger partial charge is 0.443 e. The summed E-state index contributed by atoms with van der Waals surface area (Å²) in [5.41, 5.74) is -3.52. The molecule has 0 radical (unpaired) electrons. The van der Waals surface area contributed by atoms with Gasteiger partial charge >= 0.3 is 6.18 Å². The lowest BCUT2D eigenvalue weighted by atomic mass is 9.97. The van der Waals surface area contributed by atoms with Gasteiger partial charge < -0.3 is 19.3 Å². The molecule has 1 saturated heterocycles. The molecule has 2 heterocycles. The Morgan fingerprint density at radius 2 is 2.12 bits per heavy atom. The van der Waals surface area contributed by atoms with Gasteiger partial charge in [-0.15, -0.1) is 0 Å². The third kappa shape index (κ3) is 3.74. The summed E-state index contributed by atoms with van der Waals surface area (Å²) in [6, 6.07) is -0.510. The van der Waals surface area contributed by atoms with Crippen LogP contribution in [0.5, 0.6) is 0 Å². The molecule has 1 fully saturated rings. The Balaban J connectivity index is 2.18. The van der Waals surface area contributed by atoms with Crippen molar-refractivity contribution in [2.24, 2.45) is 0 Å². The Kier molecular flexibility index (Phi) is 5.45. The highest BCUT2D eigenvalue weighted by Crippen LogP contribution is 2.41. The molecule has 0 aliphatic carbocycles. The van der Waals surface area contributed by atoms with E-state index in [4.69, 9.17) is 4.42 Å². The number of aromatic nitrogens is 1. The predicted molar refractivity (Wildman–Crippen MR) is 83.8 cm³/mol. The quantitative estimate of drug-likeness (QED) is 0.804. The fourth-order valence-corrected chi connectivity index (χ4v) is 2.82.